The normalized spacial score (nSPS) is 29.5. The van der Waals surface area contributed by atoms with Gasteiger partial charge in [-0.15, -0.1) is 0 Å². The minimum atomic E-state index is 0.780. The Kier molecular flexibility index (Phi) is 5.00. The van der Waals surface area contributed by atoms with Gasteiger partial charge >= 0.3 is 0 Å². The Morgan fingerprint density at radius 3 is 2.62 bits per heavy atom. The molecule has 0 radical (unpaired) electrons. The molecule has 2 saturated carbocycles. The molecule has 1 aromatic rings. The van der Waals surface area contributed by atoms with Gasteiger partial charge < -0.3 is 5.32 Å². The zero-order valence-corrected chi connectivity index (χ0v) is 13.8. The first-order valence-corrected chi connectivity index (χ1v) is 9.06. The van der Waals surface area contributed by atoms with E-state index in [4.69, 9.17) is 0 Å². The van der Waals surface area contributed by atoms with Crippen molar-refractivity contribution >= 4 is 0 Å². The second-order valence-corrected chi connectivity index (χ2v) is 7.37. The average molecular weight is 285 g/mol. The van der Waals surface area contributed by atoms with Crippen LogP contribution in [-0.2, 0) is 0 Å². The van der Waals surface area contributed by atoms with Gasteiger partial charge in [-0.2, -0.15) is 0 Å². The molecule has 1 N–H and O–H groups in total. The summed E-state index contributed by atoms with van der Waals surface area (Å²) in [7, 11) is 0. The van der Waals surface area contributed by atoms with Crippen molar-refractivity contribution in [3.63, 3.8) is 0 Å². The molecule has 1 aromatic carbocycles. The van der Waals surface area contributed by atoms with Crippen LogP contribution in [0.3, 0.4) is 0 Å². The lowest BCUT2D eigenvalue weighted by Crippen LogP contribution is -2.33. The summed E-state index contributed by atoms with van der Waals surface area (Å²) in [4.78, 5) is 0. The number of hydrogen-bond donors (Lipinski definition) is 1. The number of benzene rings is 1. The lowest BCUT2D eigenvalue weighted by atomic mass is 9.69. The molecular weight excluding hydrogens is 254 g/mol. The Labute approximate surface area is 130 Å². The monoisotopic (exact) mass is 285 g/mol. The molecule has 0 bridgehead atoms. The van der Waals surface area contributed by atoms with E-state index in [1.165, 1.54) is 57.1 Å². The van der Waals surface area contributed by atoms with Crippen molar-refractivity contribution < 1.29 is 0 Å². The van der Waals surface area contributed by atoms with E-state index in [1.54, 1.807) is 5.56 Å². The zero-order chi connectivity index (χ0) is 14.7. The van der Waals surface area contributed by atoms with Gasteiger partial charge in [-0.25, -0.2) is 0 Å². The Morgan fingerprint density at radius 2 is 1.90 bits per heavy atom. The van der Waals surface area contributed by atoms with Gasteiger partial charge in [0.05, 0.1) is 0 Å². The highest BCUT2D eigenvalue weighted by molar-refractivity contribution is 5.30. The second-order valence-electron chi connectivity index (χ2n) is 7.37. The van der Waals surface area contributed by atoms with E-state index in [0.717, 1.165) is 23.8 Å². The maximum absolute atomic E-state index is 3.79. The molecular formula is C20H31N. The summed E-state index contributed by atoms with van der Waals surface area (Å²) in [6.07, 6.45) is 9.86. The third-order valence-corrected chi connectivity index (χ3v) is 5.63. The molecule has 0 spiro atoms. The van der Waals surface area contributed by atoms with E-state index in [1.807, 2.05) is 0 Å². The Bertz CT molecular complexity index is 449. The summed E-state index contributed by atoms with van der Waals surface area (Å²) in [5.74, 6) is 2.58. The lowest BCUT2D eigenvalue weighted by Gasteiger charge is -2.37. The van der Waals surface area contributed by atoms with Crippen LogP contribution >= 0.6 is 0 Å². The van der Waals surface area contributed by atoms with Crippen molar-refractivity contribution in [1.29, 1.82) is 0 Å². The Balaban J connectivity index is 1.72. The Hall–Kier alpha value is -0.820. The molecule has 0 heterocycles. The smallest absolute Gasteiger partial charge is 0.00683 e. The second kappa shape index (κ2) is 6.96. The minimum absolute atomic E-state index is 0.780. The fourth-order valence-corrected chi connectivity index (χ4v) is 4.22. The van der Waals surface area contributed by atoms with Gasteiger partial charge in [0.1, 0.15) is 0 Å². The summed E-state index contributed by atoms with van der Waals surface area (Å²) in [5, 5.41) is 3.79. The molecule has 1 nitrogen and oxygen atoms in total. The van der Waals surface area contributed by atoms with E-state index < -0.39 is 0 Å². The summed E-state index contributed by atoms with van der Waals surface area (Å²) < 4.78 is 0. The molecule has 0 saturated heterocycles. The van der Waals surface area contributed by atoms with Crippen LogP contribution < -0.4 is 5.32 Å². The molecule has 21 heavy (non-hydrogen) atoms. The molecule has 3 unspecified atom stereocenters. The number of nitrogens with one attached hydrogen (secondary N) is 1. The summed E-state index contributed by atoms with van der Waals surface area (Å²) in [6, 6.07) is 9.94. The number of aryl methyl sites for hydroxylation is 1. The van der Waals surface area contributed by atoms with Crippen molar-refractivity contribution in [3.8, 4) is 0 Å². The van der Waals surface area contributed by atoms with Crippen molar-refractivity contribution in [1.82, 2.24) is 5.32 Å². The van der Waals surface area contributed by atoms with E-state index in [2.05, 4.69) is 43.4 Å². The zero-order valence-electron chi connectivity index (χ0n) is 13.8. The fourth-order valence-electron chi connectivity index (χ4n) is 4.22. The topological polar surface area (TPSA) is 12.0 Å². The first-order valence-electron chi connectivity index (χ1n) is 9.06. The first-order chi connectivity index (χ1) is 10.3. The quantitative estimate of drug-likeness (QED) is 0.771. The number of rotatable bonds is 6. The standard InChI is InChI=1S/C20H31N/c1-3-6-16-9-10-17(14-21-18-11-12-18)20(13-16)19-8-5-4-7-15(19)2/h4-5,7-8,16-18,20-21H,3,6,9-14H2,1-2H3. The van der Waals surface area contributed by atoms with Crippen LogP contribution in [0.4, 0.5) is 0 Å². The van der Waals surface area contributed by atoms with Crippen LogP contribution in [0.5, 0.6) is 0 Å². The summed E-state index contributed by atoms with van der Waals surface area (Å²) >= 11 is 0. The van der Waals surface area contributed by atoms with Crippen LogP contribution in [0.1, 0.15) is 68.9 Å². The average Bonchev–Trinajstić information content (AvgIpc) is 3.31. The molecule has 116 valence electrons. The SMILES string of the molecule is CCCC1CCC(CNC2CC2)C(c2ccccc2C)C1. The van der Waals surface area contributed by atoms with Crippen LogP contribution in [0.15, 0.2) is 24.3 Å². The molecule has 2 aliphatic carbocycles. The minimum Gasteiger partial charge on any atom is -0.314 e. The predicted octanol–water partition coefficient (Wildman–Crippen LogP) is 5.05. The van der Waals surface area contributed by atoms with Crippen molar-refractivity contribution in [2.45, 2.75) is 70.8 Å². The molecule has 0 aromatic heterocycles. The maximum atomic E-state index is 3.79. The van der Waals surface area contributed by atoms with Crippen LogP contribution in [0, 0.1) is 18.8 Å². The molecule has 0 amide bonds. The van der Waals surface area contributed by atoms with E-state index >= 15 is 0 Å². The third-order valence-electron chi connectivity index (χ3n) is 5.63. The highest BCUT2D eigenvalue weighted by Crippen LogP contribution is 2.43. The molecule has 3 rings (SSSR count). The van der Waals surface area contributed by atoms with E-state index in [-0.39, 0.29) is 0 Å². The van der Waals surface area contributed by atoms with Crippen molar-refractivity contribution in [3.05, 3.63) is 35.4 Å². The highest BCUT2D eigenvalue weighted by atomic mass is 14.9. The highest BCUT2D eigenvalue weighted by Gasteiger charge is 2.33. The number of hydrogen-bond acceptors (Lipinski definition) is 1. The maximum Gasteiger partial charge on any atom is 0.00683 e. The molecule has 3 atom stereocenters. The predicted molar refractivity (Wildman–Crippen MR) is 90.7 cm³/mol. The Morgan fingerprint density at radius 1 is 1.10 bits per heavy atom. The lowest BCUT2D eigenvalue weighted by molar-refractivity contribution is 0.219. The molecule has 2 aliphatic rings. The fraction of sp³-hybridized carbons (Fsp3) is 0.700. The summed E-state index contributed by atoms with van der Waals surface area (Å²) in [6.45, 7) is 5.87. The third kappa shape index (κ3) is 3.88. The molecule has 1 heteroatoms. The molecule has 0 aliphatic heterocycles. The molecule has 2 fully saturated rings. The van der Waals surface area contributed by atoms with E-state index in [9.17, 15) is 0 Å². The van der Waals surface area contributed by atoms with Crippen molar-refractivity contribution in [2.75, 3.05) is 6.54 Å². The van der Waals surface area contributed by atoms with Gasteiger partial charge in [0, 0.05) is 6.04 Å². The largest absolute Gasteiger partial charge is 0.314 e. The summed E-state index contributed by atoms with van der Waals surface area (Å²) in [5.41, 5.74) is 3.12. The van der Waals surface area contributed by atoms with Gasteiger partial charge in [-0.1, -0.05) is 50.5 Å². The van der Waals surface area contributed by atoms with Crippen molar-refractivity contribution in [2.24, 2.45) is 11.8 Å². The van der Waals surface area contributed by atoms with Gasteiger partial charge in [0.2, 0.25) is 0 Å². The van der Waals surface area contributed by atoms with Crippen LogP contribution in [0.25, 0.3) is 0 Å². The van der Waals surface area contributed by atoms with E-state index in [0.29, 0.717) is 0 Å². The first kappa shape index (κ1) is 15.1. The van der Waals surface area contributed by atoms with Gasteiger partial charge in [0.15, 0.2) is 0 Å². The van der Waals surface area contributed by atoms with Gasteiger partial charge in [-0.05, 0) is 68.0 Å². The van der Waals surface area contributed by atoms with Crippen LogP contribution in [-0.4, -0.2) is 12.6 Å². The van der Waals surface area contributed by atoms with Crippen LogP contribution in [0.2, 0.25) is 0 Å². The van der Waals surface area contributed by atoms with Gasteiger partial charge in [0.25, 0.3) is 0 Å². The van der Waals surface area contributed by atoms with Gasteiger partial charge in [-0.3, -0.25) is 0 Å².